The number of halogens is 2. The van der Waals surface area contributed by atoms with Gasteiger partial charge in [-0.15, -0.1) is 0 Å². The molecule has 0 aliphatic heterocycles. The zero-order valence-electron chi connectivity index (χ0n) is 8.91. The van der Waals surface area contributed by atoms with E-state index in [9.17, 15) is 9.18 Å². The Labute approximate surface area is 98.4 Å². The normalized spacial score (nSPS) is 10.2. The lowest BCUT2D eigenvalue weighted by molar-refractivity contribution is -0.118. The first kappa shape index (κ1) is 12.9. The monoisotopic (exact) mass is 245 g/mol. The molecule has 0 aliphatic rings. The summed E-state index contributed by atoms with van der Waals surface area (Å²) < 4.78 is 13.4. The summed E-state index contributed by atoms with van der Waals surface area (Å²) >= 11 is 5.73. The summed E-state index contributed by atoms with van der Waals surface area (Å²) in [7, 11) is 1.48. The number of aliphatic hydroxyl groups excluding tert-OH is 1. The van der Waals surface area contributed by atoms with Gasteiger partial charge in [-0.3, -0.25) is 4.79 Å². The van der Waals surface area contributed by atoms with Gasteiger partial charge in [0.1, 0.15) is 5.82 Å². The van der Waals surface area contributed by atoms with Crippen LogP contribution in [0.3, 0.4) is 0 Å². The van der Waals surface area contributed by atoms with Crippen LogP contribution in [0.15, 0.2) is 18.2 Å². The first-order chi connectivity index (χ1) is 7.56. The first-order valence-corrected chi connectivity index (χ1v) is 5.26. The molecule has 0 atom stereocenters. The van der Waals surface area contributed by atoms with Crippen molar-refractivity contribution in [3.8, 4) is 0 Å². The number of hydrogen-bond acceptors (Lipinski definition) is 2. The second-order valence-electron chi connectivity index (χ2n) is 3.38. The number of amides is 1. The molecule has 1 N–H and O–H groups in total. The maximum absolute atomic E-state index is 13.4. The third-order valence-electron chi connectivity index (χ3n) is 2.19. The molecule has 0 fully saturated rings. The Morgan fingerprint density at radius 3 is 2.88 bits per heavy atom. The average molecular weight is 246 g/mol. The molecule has 0 spiro atoms. The summed E-state index contributed by atoms with van der Waals surface area (Å²) in [6.45, 7) is -0.0579. The number of rotatable bonds is 4. The van der Waals surface area contributed by atoms with Gasteiger partial charge in [0.2, 0.25) is 5.91 Å². The molecule has 5 heteroatoms. The van der Waals surface area contributed by atoms with Gasteiger partial charge in [0.15, 0.2) is 0 Å². The highest BCUT2D eigenvalue weighted by molar-refractivity contribution is 6.30. The Hall–Kier alpha value is -1.13. The number of aliphatic hydroxyl groups is 1. The molecule has 0 aromatic heterocycles. The van der Waals surface area contributed by atoms with Gasteiger partial charge in [-0.05, 0) is 24.6 Å². The second-order valence-corrected chi connectivity index (χ2v) is 3.81. The number of carbonyl (C=O) groups is 1. The Kier molecular flexibility index (Phi) is 4.71. The van der Waals surface area contributed by atoms with Crippen molar-refractivity contribution < 1.29 is 14.3 Å². The van der Waals surface area contributed by atoms with Crippen molar-refractivity contribution in [3.05, 3.63) is 29.0 Å². The number of anilines is 1. The smallest absolute Gasteiger partial charge is 0.226 e. The predicted octanol–water partition coefficient (Wildman–Crippen LogP) is 2.21. The number of carbonyl (C=O) groups excluding carboxylic acids is 1. The highest BCUT2D eigenvalue weighted by Gasteiger charge is 2.14. The van der Waals surface area contributed by atoms with Crippen LogP contribution in [0.1, 0.15) is 12.8 Å². The van der Waals surface area contributed by atoms with E-state index < -0.39 is 5.82 Å². The number of hydrogen-bond donors (Lipinski definition) is 1. The molecule has 0 aliphatic carbocycles. The van der Waals surface area contributed by atoms with E-state index in [0.717, 1.165) is 0 Å². The SMILES string of the molecule is CN(C(=O)CCCO)c1cc(Cl)ccc1F. The fourth-order valence-electron chi connectivity index (χ4n) is 1.28. The van der Waals surface area contributed by atoms with Gasteiger partial charge in [-0.2, -0.15) is 0 Å². The molecule has 0 unspecified atom stereocenters. The van der Waals surface area contributed by atoms with E-state index in [2.05, 4.69) is 0 Å². The van der Waals surface area contributed by atoms with Crippen molar-refractivity contribution in [3.63, 3.8) is 0 Å². The Balaban J connectivity index is 2.82. The van der Waals surface area contributed by atoms with Crippen molar-refractivity contribution in [1.82, 2.24) is 0 Å². The van der Waals surface area contributed by atoms with E-state index in [0.29, 0.717) is 11.4 Å². The van der Waals surface area contributed by atoms with Gasteiger partial charge in [0.05, 0.1) is 5.69 Å². The van der Waals surface area contributed by atoms with Crippen molar-refractivity contribution >= 4 is 23.2 Å². The fourth-order valence-corrected chi connectivity index (χ4v) is 1.44. The molecule has 1 amide bonds. The lowest BCUT2D eigenvalue weighted by atomic mass is 10.2. The molecule has 0 heterocycles. The maximum atomic E-state index is 13.4. The lowest BCUT2D eigenvalue weighted by Gasteiger charge is -2.18. The lowest BCUT2D eigenvalue weighted by Crippen LogP contribution is -2.27. The third-order valence-corrected chi connectivity index (χ3v) is 2.43. The topological polar surface area (TPSA) is 40.5 Å². The van der Waals surface area contributed by atoms with Crippen LogP contribution in [0, 0.1) is 5.82 Å². The molecule has 88 valence electrons. The van der Waals surface area contributed by atoms with E-state index in [-0.39, 0.29) is 24.6 Å². The van der Waals surface area contributed by atoms with E-state index in [4.69, 9.17) is 16.7 Å². The molecule has 0 saturated carbocycles. The summed E-state index contributed by atoms with van der Waals surface area (Å²) in [6, 6.07) is 4.04. The zero-order chi connectivity index (χ0) is 12.1. The number of nitrogens with zero attached hydrogens (tertiary/aromatic N) is 1. The van der Waals surface area contributed by atoms with Gasteiger partial charge in [0.25, 0.3) is 0 Å². The fraction of sp³-hybridized carbons (Fsp3) is 0.364. The highest BCUT2D eigenvalue weighted by atomic mass is 35.5. The van der Waals surface area contributed by atoms with Gasteiger partial charge in [-0.1, -0.05) is 11.6 Å². The molecule has 16 heavy (non-hydrogen) atoms. The van der Waals surface area contributed by atoms with Crippen LogP contribution < -0.4 is 4.90 Å². The summed E-state index contributed by atoms with van der Waals surface area (Å²) in [4.78, 5) is 12.8. The van der Waals surface area contributed by atoms with Crippen molar-refractivity contribution in [2.24, 2.45) is 0 Å². The minimum absolute atomic E-state index is 0.0579. The van der Waals surface area contributed by atoms with Gasteiger partial charge < -0.3 is 10.0 Å². The summed E-state index contributed by atoms with van der Waals surface area (Å²) in [6.07, 6.45) is 0.546. The molecule has 0 bridgehead atoms. The predicted molar refractivity (Wildman–Crippen MR) is 61.1 cm³/mol. The number of benzene rings is 1. The van der Waals surface area contributed by atoms with Crippen LogP contribution in [0.5, 0.6) is 0 Å². The van der Waals surface area contributed by atoms with Crippen LogP contribution in [-0.4, -0.2) is 24.7 Å². The van der Waals surface area contributed by atoms with E-state index in [1.54, 1.807) is 0 Å². The van der Waals surface area contributed by atoms with Crippen LogP contribution in [0.4, 0.5) is 10.1 Å². The van der Waals surface area contributed by atoms with Gasteiger partial charge >= 0.3 is 0 Å². The summed E-state index contributed by atoms with van der Waals surface area (Å²) in [5, 5.41) is 8.97. The molecule has 1 aromatic carbocycles. The standard InChI is InChI=1S/C11H13ClFNO2/c1-14(11(16)3-2-6-15)10-7-8(12)4-5-9(10)13/h4-5,7,15H,2-3,6H2,1H3. The van der Waals surface area contributed by atoms with E-state index in [1.807, 2.05) is 0 Å². The van der Waals surface area contributed by atoms with Crippen molar-refractivity contribution in [1.29, 1.82) is 0 Å². The molecule has 3 nitrogen and oxygen atoms in total. The van der Waals surface area contributed by atoms with Gasteiger partial charge in [0, 0.05) is 25.1 Å². The molecule has 1 rings (SSSR count). The zero-order valence-corrected chi connectivity index (χ0v) is 9.67. The van der Waals surface area contributed by atoms with Crippen LogP contribution in [-0.2, 0) is 4.79 Å². The van der Waals surface area contributed by atoms with Crippen molar-refractivity contribution in [2.45, 2.75) is 12.8 Å². The van der Waals surface area contributed by atoms with Crippen LogP contribution in [0.2, 0.25) is 5.02 Å². The Morgan fingerprint density at radius 1 is 1.56 bits per heavy atom. The quantitative estimate of drug-likeness (QED) is 0.884. The summed E-state index contributed by atoms with van der Waals surface area (Å²) in [5.74, 6) is -0.750. The molecular formula is C11H13ClFNO2. The van der Waals surface area contributed by atoms with E-state index >= 15 is 0 Å². The Bertz CT molecular complexity index is 384. The second kappa shape index (κ2) is 5.82. The molecule has 1 aromatic rings. The molecule has 0 saturated heterocycles. The molecule has 0 radical (unpaired) electrons. The van der Waals surface area contributed by atoms with Gasteiger partial charge in [-0.25, -0.2) is 4.39 Å². The average Bonchev–Trinajstić information content (AvgIpc) is 2.28. The Morgan fingerprint density at radius 2 is 2.25 bits per heavy atom. The maximum Gasteiger partial charge on any atom is 0.226 e. The third kappa shape index (κ3) is 3.18. The van der Waals surface area contributed by atoms with Crippen LogP contribution >= 0.6 is 11.6 Å². The highest BCUT2D eigenvalue weighted by Crippen LogP contribution is 2.23. The largest absolute Gasteiger partial charge is 0.396 e. The van der Waals surface area contributed by atoms with E-state index in [1.165, 1.54) is 30.1 Å². The molecular weight excluding hydrogens is 233 g/mol. The van der Waals surface area contributed by atoms with Crippen LogP contribution in [0.25, 0.3) is 0 Å². The summed E-state index contributed by atoms with van der Waals surface area (Å²) in [5.41, 5.74) is 0.149. The minimum atomic E-state index is -0.496. The minimum Gasteiger partial charge on any atom is -0.396 e. The van der Waals surface area contributed by atoms with Crippen molar-refractivity contribution in [2.75, 3.05) is 18.6 Å². The first-order valence-electron chi connectivity index (χ1n) is 4.88.